The molecule has 0 saturated heterocycles. The molecule has 5 aromatic rings. The molecular formula is C28H24N4O4. The minimum atomic E-state index is -0.320. The fourth-order valence-electron chi connectivity index (χ4n) is 3.70. The molecule has 0 aliphatic heterocycles. The van der Waals surface area contributed by atoms with Crippen molar-refractivity contribution in [2.45, 2.75) is 20.1 Å². The second-order valence-electron chi connectivity index (χ2n) is 8.33. The minimum Gasteiger partial charge on any atom is -0.487 e. The SMILES string of the molecule is Cc1ccc2nc(COc3cccc(C(=O)NCc4ccc(NC(=O)c5ccco5)cc4)c3)cn2c1. The molecule has 2 N–H and O–H groups in total. The van der Waals surface area contributed by atoms with E-state index in [1.54, 1.807) is 42.5 Å². The molecule has 0 aliphatic rings. The standard InChI is InChI=1S/C28H24N4O4/c1-19-7-12-26-30-23(17-32(26)16-19)18-36-24-5-2-4-21(14-24)27(33)29-15-20-8-10-22(11-9-20)31-28(34)25-6-3-13-35-25/h2-14,16-17H,15,18H2,1H3,(H,29,33)(H,31,34). The Hall–Kier alpha value is -4.85. The smallest absolute Gasteiger partial charge is 0.291 e. The lowest BCUT2D eigenvalue weighted by molar-refractivity contribution is 0.0949. The van der Waals surface area contributed by atoms with Gasteiger partial charge in [-0.1, -0.05) is 24.3 Å². The predicted octanol–water partition coefficient (Wildman–Crippen LogP) is 5.00. The minimum absolute atomic E-state index is 0.209. The Morgan fingerprint density at radius 3 is 2.64 bits per heavy atom. The molecular weight excluding hydrogens is 456 g/mol. The van der Waals surface area contributed by atoms with Gasteiger partial charge in [-0.2, -0.15) is 0 Å². The van der Waals surface area contributed by atoms with Gasteiger partial charge in [-0.25, -0.2) is 4.98 Å². The van der Waals surface area contributed by atoms with Gasteiger partial charge in [0.15, 0.2) is 5.76 Å². The van der Waals surface area contributed by atoms with Crippen LogP contribution in [0.3, 0.4) is 0 Å². The summed E-state index contributed by atoms with van der Waals surface area (Å²) in [5.74, 6) is 0.303. The summed E-state index contributed by atoms with van der Waals surface area (Å²) in [6.45, 7) is 2.68. The highest BCUT2D eigenvalue weighted by atomic mass is 16.5. The summed E-state index contributed by atoms with van der Waals surface area (Å²) in [4.78, 5) is 29.3. The maximum atomic E-state index is 12.7. The molecule has 2 aromatic carbocycles. The van der Waals surface area contributed by atoms with Gasteiger partial charge in [-0.3, -0.25) is 9.59 Å². The maximum Gasteiger partial charge on any atom is 0.291 e. The van der Waals surface area contributed by atoms with E-state index in [0.717, 1.165) is 22.5 Å². The highest BCUT2D eigenvalue weighted by Crippen LogP contribution is 2.17. The molecule has 3 heterocycles. The molecule has 0 fully saturated rings. The molecule has 0 aliphatic carbocycles. The number of nitrogens with one attached hydrogen (secondary N) is 2. The Morgan fingerprint density at radius 1 is 0.972 bits per heavy atom. The summed E-state index contributed by atoms with van der Waals surface area (Å²) in [6.07, 6.45) is 5.40. The van der Waals surface area contributed by atoms with Crippen molar-refractivity contribution in [2.75, 3.05) is 5.32 Å². The zero-order valence-electron chi connectivity index (χ0n) is 19.6. The van der Waals surface area contributed by atoms with Gasteiger partial charge in [0.2, 0.25) is 0 Å². The number of amides is 2. The first-order valence-corrected chi connectivity index (χ1v) is 11.4. The van der Waals surface area contributed by atoms with E-state index >= 15 is 0 Å². The average molecular weight is 481 g/mol. The number of carbonyl (C=O) groups excluding carboxylic acids is 2. The summed E-state index contributed by atoms with van der Waals surface area (Å²) in [6, 6.07) is 21.5. The normalized spacial score (nSPS) is 10.8. The van der Waals surface area contributed by atoms with Crippen LogP contribution in [0.5, 0.6) is 5.75 Å². The monoisotopic (exact) mass is 480 g/mol. The molecule has 0 saturated carbocycles. The third-order valence-corrected chi connectivity index (χ3v) is 5.54. The fourth-order valence-corrected chi connectivity index (χ4v) is 3.70. The van der Waals surface area contributed by atoms with Crippen molar-refractivity contribution in [2.24, 2.45) is 0 Å². The number of pyridine rings is 1. The first kappa shape index (κ1) is 22.9. The fraction of sp³-hybridized carbons (Fsp3) is 0.107. The molecule has 5 rings (SSSR count). The second-order valence-corrected chi connectivity index (χ2v) is 8.33. The molecule has 3 aromatic heterocycles. The molecule has 0 bridgehead atoms. The molecule has 0 radical (unpaired) electrons. The van der Waals surface area contributed by atoms with Crippen LogP contribution in [0.1, 0.15) is 37.7 Å². The van der Waals surface area contributed by atoms with Crippen LogP contribution in [0.15, 0.2) is 95.9 Å². The Kier molecular flexibility index (Phi) is 6.48. The van der Waals surface area contributed by atoms with Crippen molar-refractivity contribution in [3.05, 3.63) is 120 Å². The molecule has 0 unspecified atom stereocenters. The number of nitrogens with zero attached hydrogens (tertiary/aromatic N) is 2. The zero-order valence-corrected chi connectivity index (χ0v) is 19.6. The van der Waals surface area contributed by atoms with Crippen molar-refractivity contribution in [1.29, 1.82) is 0 Å². The average Bonchev–Trinajstić information content (AvgIpc) is 3.57. The van der Waals surface area contributed by atoms with Crippen LogP contribution < -0.4 is 15.4 Å². The second kappa shape index (κ2) is 10.2. The predicted molar refractivity (Wildman–Crippen MR) is 135 cm³/mol. The number of imidazole rings is 1. The van der Waals surface area contributed by atoms with Crippen LogP contribution in [0.25, 0.3) is 5.65 Å². The number of fused-ring (bicyclic) bond motifs is 1. The summed E-state index contributed by atoms with van der Waals surface area (Å²) in [5, 5.41) is 5.67. The van der Waals surface area contributed by atoms with Crippen LogP contribution in [0, 0.1) is 6.92 Å². The maximum absolute atomic E-state index is 12.7. The van der Waals surface area contributed by atoms with Crippen molar-refractivity contribution in [3.8, 4) is 5.75 Å². The molecule has 180 valence electrons. The number of rotatable bonds is 8. The Labute approximate surface area is 207 Å². The Bertz CT molecular complexity index is 1500. The number of furan rings is 1. The number of hydrogen-bond acceptors (Lipinski definition) is 5. The van der Waals surface area contributed by atoms with Gasteiger partial charge in [0, 0.05) is 30.2 Å². The lowest BCUT2D eigenvalue weighted by Gasteiger charge is -2.09. The number of benzene rings is 2. The summed E-state index contributed by atoms with van der Waals surface area (Å²) in [7, 11) is 0. The van der Waals surface area contributed by atoms with Crippen molar-refractivity contribution >= 4 is 23.1 Å². The zero-order chi connectivity index (χ0) is 24.9. The number of aromatic nitrogens is 2. The number of aryl methyl sites for hydroxylation is 1. The topological polar surface area (TPSA) is 97.9 Å². The van der Waals surface area contributed by atoms with Gasteiger partial charge >= 0.3 is 0 Å². The van der Waals surface area contributed by atoms with Crippen molar-refractivity contribution in [3.63, 3.8) is 0 Å². The van der Waals surface area contributed by atoms with Crippen LogP contribution in [0.2, 0.25) is 0 Å². The highest BCUT2D eigenvalue weighted by molar-refractivity contribution is 6.02. The van der Waals surface area contributed by atoms with E-state index in [2.05, 4.69) is 15.6 Å². The molecule has 36 heavy (non-hydrogen) atoms. The molecule has 8 heteroatoms. The van der Waals surface area contributed by atoms with Crippen LogP contribution >= 0.6 is 0 Å². The van der Waals surface area contributed by atoms with Crippen molar-refractivity contribution in [1.82, 2.24) is 14.7 Å². The largest absolute Gasteiger partial charge is 0.487 e. The lowest BCUT2D eigenvalue weighted by Crippen LogP contribution is -2.22. The first-order valence-electron chi connectivity index (χ1n) is 11.4. The van der Waals surface area contributed by atoms with E-state index in [1.165, 1.54) is 6.26 Å². The molecule has 0 spiro atoms. The molecule has 2 amide bonds. The number of anilines is 1. The quantitative estimate of drug-likeness (QED) is 0.326. The van der Waals surface area contributed by atoms with Crippen molar-refractivity contribution < 1.29 is 18.7 Å². The highest BCUT2D eigenvalue weighted by Gasteiger charge is 2.10. The summed E-state index contributed by atoms with van der Waals surface area (Å²) >= 11 is 0. The first-order chi connectivity index (χ1) is 17.5. The molecule has 8 nitrogen and oxygen atoms in total. The summed E-state index contributed by atoms with van der Waals surface area (Å²) < 4.78 is 12.9. The van der Waals surface area contributed by atoms with Crippen LogP contribution in [-0.4, -0.2) is 21.2 Å². The van der Waals surface area contributed by atoms with Gasteiger partial charge in [-0.15, -0.1) is 0 Å². The van der Waals surface area contributed by atoms with Crippen LogP contribution in [-0.2, 0) is 13.2 Å². The molecule has 0 atom stereocenters. The van der Waals surface area contributed by atoms with E-state index in [1.807, 2.05) is 54.0 Å². The van der Waals surface area contributed by atoms with Gasteiger partial charge in [0.05, 0.1) is 12.0 Å². The third-order valence-electron chi connectivity index (χ3n) is 5.54. The number of hydrogen-bond donors (Lipinski definition) is 2. The van der Waals surface area contributed by atoms with E-state index < -0.39 is 0 Å². The number of ether oxygens (including phenoxy) is 1. The van der Waals surface area contributed by atoms with E-state index in [-0.39, 0.29) is 17.6 Å². The van der Waals surface area contributed by atoms with Gasteiger partial charge < -0.3 is 24.2 Å². The Morgan fingerprint density at radius 2 is 1.83 bits per heavy atom. The van der Waals surface area contributed by atoms with Gasteiger partial charge in [0.25, 0.3) is 11.8 Å². The van der Waals surface area contributed by atoms with Gasteiger partial charge in [0.1, 0.15) is 18.0 Å². The van der Waals surface area contributed by atoms with Gasteiger partial charge in [-0.05, 0) is 66.6 Å². The van der Waals surface area contributed by atoms with E-state index in [4.69, 9.17) is 9.15 Å². The number of carbonyl (C=O) groups is 2. The van der Waals surface area contributed by atoms with Crippen LogP contribution in [0.4, 0.5) is 5.69 Å². The van der Waals surface area contributed by atoms with E-state index in [0.29, 0.717) is 30.2 Å². The lowest BCUT2D eigenvalue weighted by atomic mass is 10.1. The van der Waals surface area contributed by atoms with E-state index in [9.17, 15) is 9.59 Å². The third kappa shape index (κ3) is 5.44. The Balaban J connectivity index is 1.14. The summed E-state index contributed by atoms with van der Waals surface area (Å²) in [5.41, 5.74) is 4.85.